The summed E-state index contributed by atoms with van der Waals surface area (Å²) in [5.74, 6) is 3.58. The zero-order valence-corrected chi connectivity index (χ0v) is 14.1. The van der Waals surface area contributed by atoms with Crippen LogP contribution in [0.3, 0.4) is 0 Å². The van der Waals surface area contributed by atoms with Gasteiger partial charge in [0, 0.05) is 6.42 Å². The van der Waals surface area contributed by atoms with E-state index in [1.807, 2.05) is 0 Å². The van der Waals surface area contributed by atoms with Gasteiger partial charge in [0.1, 0.15) is 0 Å². The van der Waals surface area contributed by atoms with Gasteiger partial charge < -0.3 is 9.84 Å². The third-order valence-corrected chi connectivity index (χ3v) is 7.65. The fourth-order valence-corrected chi connectivity index (χ4v) is 6.50. The van der Waals surface area contributed by atoms with Gasteiger partial charge in [-0.1, -0.05) is 18.1 Å². The van der Waals surface area contributed by atoms with Crippen molar-refractivity contribution in [2.24, 2.45) is 23.2 Å². The molecule has 0 amide bonds. The van der Waals surface area contributed by atoms with Crippen LogP contribution in [0.25, 0.3) is 0 Å². The molecule has 0 bridgehead atoms. The molecule has 1 N–H and O–H groups in total. The minimum atomic E-state index is -0.0369. The zero-order chi connectivity index (χ0) is 15.3. The van der Waals surface area contributed by atoms with Gasteiger partial charge in [0.05, 0.1) is 19.0 Å². The lowest BCUT2D eigenvalue weighted by Crippen LogP contribution is -2.46. The summed E-state index contributed by atoms with van der Waals surface area (Å²) in [7, 11) is 1.80. The average molecular weight is 302 g/mol. The molecular weight excluding hydrogens is 272 g/mol. The Balaban J connectivity index is 1.61. The summed E-state index contributed by atoms with van der Waals surface area (Å²) in [5.41, 5.74) is 3.69. The molecule has 4 aliphatic carbocycles. The first-order chi connectivity index (χ1) is 10.7. The largest absolute Gasteiger partial charge is 0.501 e. The molecule has 2 nitrogen and oxygen atoms in total. The van der Waals surface area contributed by atoms with Crippen LogP contribution in [-0.2, 0) is 4.74 Å². The van der Waals surface area contributed by atoms with E-state index in [1.165, 1.54) is 44.3 Å². The summed E-state index contributed by atoms with van der Waals surface area (Å²) >= 11 is 0. The molecule has 4 rings (SSSR count). The van der Waals surface area contributed by atoms with Gasteiger partial charge in [0.15, 0.2) is 0 Å². The van der Waals surface area contributed by atoms with Crippen LogP contribution in [0, 0.1) is 23.2 Å². The summed E-state index contributed by atoms with van der Waals surface area (Å²) < 4.78 is 5.49. The molecule has 0 aromatic rings. The number of fused-ring (bicyclic) bond motifs is 4. The van der Waals surface area contributed by atoms with Gasteiger partial charge in [-0.15, -0.1) is 0 Å². The van der Waals surface area contributed by atoms with Gasteiger partial charge in [-0.3, -0.25) is 0 Å². The number of aliphatic hydroxyl groups is 1. The van der Waals surface area contributed by atoms with Crippen LogP contribution in [0.15, 0.2) is 23.0 Å². The first-order valence-corrected chi connectivity index (χ1v) is 9.31. The third kappa shape index (κ3) is 1.95. The minimum absolute atomic E-state index is 0.0369. The van der Waals surface area contributed by atoms with Crippen LogP contribution in [0.2, 0.25) is 0 Å². The molecule has 0 spiro atoms. The second kappa shape index (κ2) is 5.40. The second-order valence-corrected chi connectivity index (χ2v) is 8.02. The van der Waals surface area contributed by atoms with Crippen molar-refractivity contribution in [3.8, 4) is 0 Å². The van der Waals surface area contributed by atoms with E-state index in [2.05, 4.69) is 13.0 Å². The molecule has 0 aliphatic heterocycles. The molecule has 0 aromatic heterocycles. The Hall–Kier alpha value is -0.760. The Labute approximate surface area is 134 Å². The van der Waals surface area contributed by atoms with Crippen molar-refractivity contribution >= 4 is 0 Å². The Morgan fingerprint density at radius 2 is 2.14 bits per heavy atom. The van der Waals surface area contributed by atoms with Crippen LogP contribution < -0.4 is 0 Å². The molecule has 0 heterocycles. The maximum absolute atomic E-state index is 10.6. The summed E-state index contributed by atoms with van der Waals surface area (Å²) in [6.45, 7) is 2.31. The van der Waals surface area contributed by atoms with Gasteiger partial charge in [-0.25, -0.2) is 0 Å². The molecule has 0 radical (unpaired) electrons. The molecule has 4 aliphatic rings. The molecular formula is C20H30O2. The highest BCUT2D eigenvalue weighted by Gasteiger charge is 2.56. The molecule has 0 aromatic carbocycles. The van der Waals surface area contributed by atoms with E-state index >= 15 is 0 Å². The lowest BCUT2D eigenvalue weighted by Gasteiger charge is -2.52. The highest BCUT2D eigenvalue weighted by molar-refractivity contribution is 5.32. The molecule has 5 unspecified atom stereocenters. The molecule has 5 atom stereocenters. The SMILES string of the molecule is CCC12CCC3C4=C(CCC3C1CCC2O)CC(OC)=CC4. The van der Waals surface area contributed by atoms with E-state index in [4.69, 9.17) is 4.74 Å². The van der Waals surface area contributed by atoms with E-state index in [9.17, 15) is 5.11 Å². The highest BCUT2D eigenvalue weighted by atomic mass is 16.5. The Kier molecular flexibility index (Phi) is 3.64. The summed E-state index contributed by atoms with van der Waals surface area (Å²) in [6.07, 6.45) is 13.1. The number of ether oxygens (including phenoxy) is 1. The fourth-order valence-electron chi connectivity index (χ4n) is 6.50. The Morgan fingerprint density at radius 1 is 1.27 bits per heavy atom. The van der Waals surface area contributed by atoms with Crippen molar-refractivity contribution in [2.45, 2.75) is 70.8 Å². The van der Waals surface area contributed by atoms with Crippen LogP contribution in [0.1, 0.15) is 64.7 Å². The van der Waals surface area contributed by atoms with Gasteiger partial charge in [-0.2, -0.15) is 0 Å². The van der Waals surface area contributed by atoms with Crippen molar-refractivity contribution in [3.63, 3.8) is 0 Å². The van der Waals surface area contributed by atoms with Crippen LogP contribution >= 0.6 is 0 Å². The fraction of sp³-hybridized carbons (Fsp3) is 0.800. The predicted molar refractivity (Wildman–Crippen MR) is 88.3 cm³/mol. The smallest absolute Gasteiger partial charge is 0.0959 e. The van der Waals surface area contributed by atoms with Crippen LogP contribution in [-0.4, -0.2) is 18.3 Å². The molecule has 122 valence electrons. The molecule has 2 fully saturated rings. The Morgan fingerprint density at radius 3 is 2.91 bits per heavy atom. The van der Waals surface area contributed by atoms with Crippen molar-refractivity contribution in [1.29, 1.82) is 0 Å². The number of hydrogen-bond acceptors (Lipinski definition) is 2. The second-order valence-electron chi connectivity index (χ2n) is 8.02. The minimum Gasteiger partial charge on any atom is -0.501 e. The lowest BCUT2D eigenvalue weighted by molar-refractivity contribution is -0.0473. The van der Waals surface area contributed by atoms with Gasteiger partial charge >= 0.3 is 0 Å². The molecule has 2 saturated carbocycles. The number of rotatable bonds is 2. The molecule has 2 heteroatoms. The third-order valence-electron chi connectivity index (χ3n) is 7.65. The van der Waals surface area contributed by atoms with Crippen molar-refractivity contribution in [2.75, 3.05) is 7.11 Å². The van der Waals surface area contributed by atoms with E-state index < -0.39 is 0 Å². The number of methoxy groups -OCH3 is 1. The highest BCUT2D eigenvalue weighted by Crippen LogP contribution is 2.62. The van der Waals surface area contributed by atoms with Gasteiger partial charge in [-0.05, 0) is 80.6 Å². The quantitative estimate of drug-likeness (QED) is 0.756. The predicted octanol–water partition coefficient (Wildman–Crippen LogP) is 4.59. The molecule has 22 heavy (non-hydrogen) atoms. The van der Waals surface area contributed by atoms with E-state index in [-0.39, 0.29) is 11.5 Å². The maximum atomic E-state index is 10.6. The van der Waals surface area contributed by atoms with Gasteiger partial charge in [0.2, 0.25) is 0 Å². The number of aliphatic hydroxyl groups excluding tert-OH is 1. The topological polar surface area (TPSA) is 29.5 Å². The normalized spacial score (nSPS) is 44.0. The monoisotopic (exact) mass is 302 g/mol. The van der Waals surface area contributed by atoms with Crippen molar-refractivity contribution < 1.29 is 9.84 Å². The maximum Gasteiger partial charge on any atom is 0.0959 e. The van der Waals surface area contributed by atoms with Gasteiger partial charge in [0.25, 0.3) is 0 Å². The standard InChI is InChI=1S/C20H30O2/c1-3-20-11-10-16-15-7-5-14(22-2)12-13(15)4-6-17(16)18(20)8-9-19(20)21/h5,16-19,21H,3-4,6-12H2,1-2H3. The van der Waals surface area contributed by atoms with Crippen molar-refractivity contribution in [1.82, 2.24) is 0 Å². The zero-order valence-electron chi connectivity index (χ0n) is 14.1. The van der Waals surface area contributed by atoms with E-state index in [0.717, 1.165) is 37.0 Å². The van der Waals surface area contributed by atoms with Crippen molar-refractivity contribution in [3.05, 3.63) is 23.0 Å². The van der Waals surface area contributed by atoms with Crippen LogP contribution in [0.4, 0.5) is 0 Å². The number of hydrogen-bond donors (Lipinski definition) is 1. The summed E-state index contributed by atoms with van der Waals surface area (Å²) in [4.78, 5) is 0. The number of allylic oxidation sites excluding steroid dienone is 3. The first kappa shape index (κ1) is 14.8. The lowest BCUT2D eigenvalue weighted by atomic mass is 9.53. The Bertz CT molecular complexity index is 518. The van der Waals surface area contributed by atoms with Crippen LogP contribution in [0.5, 0.6) is 0 Å². The average Bonchev–Trinajstić information content (AvgIpc) is 2.91. The molecule has 0 saturated heterocycles. The summed E-state index contributed by atoms with van der Waals surface area (Å²) in [6, 6.07) is 0. The summed E-state index contributed by atoms with van der Waals surface area (Å²) in [5, 5.41) is 10.6. The van der Waals surface area contributed by atoms with E-state index in [0.29, 0.717) is 0 Å². The van der Waals surface area contributed by atoms with E-state index in [1.54, 1.807) is 18.3 Å². The first-order valence-electron chi connectivity index (χ1n) is 9.31.